The number of carbonyl (C=O) groups is 4. The van der Waals surface area contributed by atoms with E-state index >= 15 is 0 Å². The molecular formula is C79H150O17P2. The molecule has 19 heteroatoms. The number of aliphatic hydroxyl groups excluding tert-OH is 1. The first kappa shape index (κ1) is 95.5. The zero-order valence-electron chi connectivity index (χ0n) is 63.7. The lowest BCUT2D eigenvalue weighted by molar-refractivity contribution is -0.161. The highest BCUT2D eigenvalue weighted by atomic mass is 31.2. The molecule has 578 valence electrons. The van der Waals surface area contributed by atoms with Gasteiger partial charge in [0.2, 0.25) is 0 Å². The number of phosphoric ester groups is 2. The summed E-state index contributed by atoms with van der Waals surface area (Å²) in [6.07, 6.45) is 59.1. The Morgan fingerprint density at radius 1 is 0.337 bits per heavy atom. The first-order valence-electron chi connectivity index (χ1n) is 40.2. The first-order chi connectivity index (χ1) is 47.3. The fourth-order valence-electron chi connectivity index (χ4n) is 11.6. The van der Waals surface area contributed by atoms with Crippen LogP contribution in [0.5, 0.6) is 0 Å². The maximum atomic E-state index is 13.1. The van der Waals surface area contributed by atoms with E-state index in [9.17, 15) is 43.2 Å². The van der Waals surface area contributed by atoms with Crippen molar-refractivity contribution in [2.75, 3.05) is 39.6 Å². The number of esters is 4. The lowest BCUT2D eigenvalue weighted by Crippen LogP contribution is -2.30. The van der Waals surface area contributed by atoms with Crippen molar-refractivity contribution < 1.29 is 80.2 Å². The van der Waals surface area contributed by atoms with Crippen LogP contribution in [0.15, 0.2) is 24.3 Å². The Labute approximate surface area is 599 Å². The number of hydrogen-bond acceptors (Lipinski definition) is 15. The summed E-state index contributed by atoms with van der Waals surface area (Å²) >= 11 is 0. The third-order valence-electron chi connectivity index (χ3n) is 18.1. The minimum Gasteiger partial charge on any atom is -0.462 e. The molecule has 0 aromatic heterocycles. The highest BCUT2D eigenvalue weighted by molar-refractivity contribution is 7.47. The number of rotatable bonds is 75. The molecule has 0 saturated heterocycles. The van der Waals surface area contributed by atoms with E-state index in [-0.39, 0.29) is 25.7 Å². The Morgan fingerprint density at radius 2 is 0.602 bits per heavy atom. The number of aliphatic hydroxyl groups is 1. The van der Waals surface area contributed by atoms with Gasteiger partial charge in [-0.25, -0.2) is 9.13 Å². The molecule has 0 heterocycles. The zero-order chi connectivity index (χ0) is 72.3. The van der Waals surface area contributed by atoms with Crippen molar-refractivity contribution in [2.45, 2.75) is 401 Å². The van der Waals surface area contributed by atoms with Gasteiger partial charge in [0.05, 0.1) is 26.4 Å². The maximum Gasteiger partial charge on any atom is 0.472 e. The molecule has 0 rings (SSSR count). The molecule has 0 aliphatic carbocycles. The van der Waals surface area contributed by atoms with Crippen molar-refractivity contribution in [1.82, 2.24) is 0 Å². The molecule has 0 radical (unpaired) electrons. The summed E-state index contributed by atoms with van der Waals surface area (Å²) in [5.74, 6) is 0.160. The first-order valence-corrected chi connectivity index (χ1v) is 43.2. The Morgan fingerprint density at radius 3 is 0.908 bits per heavy atom. The van der Waals surface area contributed by atoms with E-state index in [4.69, 9.17) is 37.0 Å². The second-order valence-electron chi connectivity index (χ2n) is 29.0. The van der Waals surface area contributed by atoms with Gasteiger partial charge in [0.1, 0.15) is 19.3 Å². The van der Waals surface area contributed by atoms with Crippen molar-refractivity contribution in [3.63, 3.8) is 0 Å². The van der Waals surface area contributed by atoms with E-state index < -0.39 is 97.5 Å². The fraction of sp³-hybridized carbons (Fsp3) is 0.899. The third-order valence-corrected chi connectivity index (χ3v) is 20.0. The van der Waals surface area contributed by atoms with Crippen molar-refractivity contribution in [3.05, 3.63) is 24.3 Å². The van der Waals surface area contributed by atoms with Crippen molar-refractivity contribution in [3.8, 4) is 0 Å². The van der Waals surface area contributed by atoms with E-state index in [1.807, 2.05) is 0 Å². The van der Waals surface area contributed by atoms with Gasteiger partial charge in [0, 0.05) is 25.7 Å². The summed E-state index contributed by atoms with van der Waals surface area (Å²) < 4.78 is 68.6. The molecule has 98 heavy (non-hydrogen) atoms. The van der Waals surface area contributed by atoms with Gasteiger partial charge < -0.3 is 33.8 Å². The Balaban J connectivity index is 5.29. The van der Waals surface area contributed by atoms with Crippen LogP contribution in [0.2, 0.25) is 0 Å². The fourth-order valence-corrected chi connectivity index (χ4v) is 13.1. The van der Waals surface area contributed by atoms with E-state index in [1.54, 1.807) is 0 Å². The molecule has 0 spiro atoms. The minimum atomic E-state index is -4.97. The highest BCUT2D eigenvalue weighted by Gasteiger charge is 2.30. The van der Waals surface area contributed by atoms with Crippen LogP contribution in [-0.4, -0.2) is 96.7 Å². The summed E-state index contributed by atoms with van der Waals surface area (Å²) in [7, 11) is -9.93. The molecule has 0 aromatic rings. The number of phosphoric acid groups is 2. The summed E-state index contributed by atoms with van der Waals surface area (Å²) in [4.78, 5) is 72.9. The molecule has 0 saturated carbocycles. The lowest BCUT2D eigenvalue weighted by Gasteiger charge is -2.21. The number of hydrogen-bond donors (Lipinski definition) is 3. The average Bonchev–Trinajstić information content (AvgIpc) is 0.994. The molecule has 17 nitrogen and oxygen atoms in total. The van der Waals surface area contributed by atoms with Gasteiger partial charge in [-0.15, -0.1) is 0 Å². The summed E-state index contributed by atoms with van der Waals surface area (Å²) in [6, 6.07) is 0. The Bertz CT molecular complexity index is 2000. The van der Waals surface area contributed by atoms with Gasteiger partial charge >= 0.3 is 39.5 Å². The molecule has 3 N–H and O–H groups in total. The monoisotopic (exact) mass is 1430 g/mol. The molecule has 0 fully saturated rings. The molecule has 0 aromatic carbocycles. The maximum absolute atomic E-state index is 13.1. The summed E-state index contributed by atoms with van der Waals surface area (Å²) in [5.41, 5.74) is 0. The van der Waals surface area contributed by atoms with E-state index in [2.05, 4.69) is 72.8 Å². The molecule has 3 unspecified atom stereocenters. The topological polar surface area (TPSA) is 237 Å². The average molecular weight is 1430 g/mol. The zero-order valence-corrected chi connectivity index (χ0v) is 65.5. The van der Waals surface area contributed by atoms with E-state index in [0.717, 1.165) is 133 Å². The number of ether oxygens (including phenoxy) is 4. The molecule has 6 atom stereocenters. The van der Waals surface area contributed by atoms with Crippen molar-refractivity contribution >= 4 is 39.5 Å². The molecular weight excluding hydrogens is 1280 g/mol. The summed E-state index contributed by atoms with van der Waals surface area (Å²) in [5, 5.41) is 10.6. The third kappa shape index (κ3) is 70.6. The van der Waals surface area contributed by atoms with Crippen LogP contribution in [0.1, 0.15) is 382 Å². The van der Waals surface area contributed by atoms with E-state index in [1.165, 1.54) is 167 Å². The van der Waals surface area contributed by atoms with Crippen LogP contribution in [0, 0.1) is 17.8 Å². The Kier molecular flexibility index (Phi) is 67.2. The van der Waals surface area contributed by atoms with Gasteiger partial charge in [0.15, 0.2) is 12.2 Å². The summed E-state index contributed by atoms with van der Waals surface area (Å²) in [6.45, 7) is 11.8. The van der Waals surface area contributed by atoms with Gasteiger partial charge in [0.25, 0.3) is 0 Å². The second kappa shape index (κ2) is 68.9. The molecule has 0 aliphatic rings. The smallest absolute Gasteiger partial charge is 0.462 e. The standard InChI is InChI=1S/C79H150O17P2/c1-8-10-11-12-13-14-15-16-18-22-28-33-38-46-53-60-76(81)89-66-74(95-78(83)62-55-48-39-34-29-23-20-17-19-21-26-31-36-43-50-57-70(3)4)68-93-97(85,86)91-64-73(80)65-92-98(87,88)94-69-75(67-90-77(82)61-54-47-42-41-45-52-59-72(7)9-2)96-79(84)63-56-49-40-35-30-25-24-27-32-37-44-51-58-71(5)6/h14-16,18,70-75,80H,8-13,17,19-69H2,1-7H3,(H,85,86)(H,87,88)/b15-14-,18-16-/t72?,73-,74-,75-/m1/s1. The van der Waals surface area contributed by atoms with Crippen LogP contribution < -0.4 is 0 Å². The quantitative estimate of drug-likeness (QED) is 0.0169. The normalized spacial score (nSPS) is 14.4. The van der Waals surface area contributed by atoms with Crippen LogP contribution in [-0.2, 0) is 65.4 Å². The van der Waals surface area contributed by atoms with Gasteiger partial charge in [-0.05, 0) is 69.1 Å². The van der Waals surface area contributed by atoms with Gasteiger partial charge in [-0.1, -0.05) is 330 Å². The number of allylic oxidation sites excluding steroid dienone is 4. The molecule has 0 amide bonds. The van der Waals surface area contributed by atoms with E-state index in [0.29, 0.717) is 25.7 Å². The predicted molar refractivity (Wildman–Crippen MR) is 400 cm³/mol. The largest absolute Gasteiger partial charge is 0.472 e. The van der Waals surface area contributed by atoms with Crippen LogP contribution in [0.25, 0.3) is 0 Å². The van der Waals surface area contributed by atoms with Gasteiger partial charge in [-0.3, -0.25) is 37.3 Å². The SMILES string of the molecule is CCCCCC/C=C\C=C/CCCCCCCC(=O)OC[C@H](COP(=O)(O)OC[C@@H](O)COP(=O)(O)OC[C@@H](COC(=O)CCCCCCCCC(C)CC)OC(=O)CCCCCCCCCCCCCCC(C)C)OC(=O)CCCCCCCCCCCCCCCCCC(C)C. The van der Waals surface area contributed by atoms with Crippen molar-refractivity contribution in [1.29, 1.82) is 0 Å². The highest BCUT2D eigenvalue weighted by Crippen LogP contribution is 2.45. The van der Waals surface area contributed by atoms with Crippen LogP contribution >= 0.6 is 15.6 Å². The van der Waals surface area contributed by atoms with Crippen LogP contribution in [0.4, 0.5) is 0 Å². The molecule has 0 bridgehead atoms. The minimum absolute atomic E-state index is 0.100. The predicted octanol–water partition coefficient (Wildman–Crippen LogP) is 22.9. The number of unbranched alkanes of at least 4 members (excludes halogenated alkanes) is 39. The van der Waals surface area contributed by atoms with Gasteiger partial charge in [-0.2, -0.15) is 0 Å². The lowest BCUT2D eigenvalue weighted by atomic mass is 10.00. The van der Waals surface area contributed by atoms with Crippen LogP contribution in [0.3, 0.4) is 0 Å². The Hall–Kier alpha value is -2.46. The molecule has 0 aliphatic heterocycles. The number of carbonyl (C=O) groups excluding carboxylic acids is 4. The van der Waals surface area contributed by atoms with Crippen molar-refractivity contribution in [2.24, 2.45) is 17.8 Å². The second-order valence-corrected chi connectivity index (χ2v) is 31.9.